The van der Waals surface area contributed by atoms with Crippen LogP contribution in [-0.2, 0) is 20.5 Å². The molecule has 0 atom stereocenters. The number of hydrogen-bond donors (Lipinski definition) is 3. The molecule has 4 N–H and O–H groups in total. The van der Waals surface area contributed by atoms with E-state index in [9.17, 15) is 0 Å². The molecule has 0 aliphatic carbocycles. The van der Waals surface area contributed by atoms with Gasteiger partial charge in [-0.05, 0) is 37.6 Å². The van der Waals surface area contributed by atoms with Crippen LogP contribution in [0.5, 0.6) is 0 Å². The summed E-state index contributed by atoms with van der Waals surface area (Å²) in [6.45, 7) is 2.73. The molecule has 8 nitrogen and oxygen atoms in total. The minimum Gasteiger partial charge on any atom is -0.382 e. The Balaban J connectivity index is 0.000000416. The van der Waals surface area contributed by atoms with E-state index in [1.807, 2.05) is 86.0 Å². The molecule has 3 aromatic heterocycles. The van der Waals surface area contributed by atoms with E-state index in [0.29, 0.717) is 5.82 Å². The van der Waals surface area contributed by atoms with Gasteiger partial charge in [-0.1, -0.05) is 36.4 Å². The fraction of sp³-hybridized carbons (Fsp3) is 0.292. The number of anilines is 2. The third-order valence-corrected chi connectivity index (χ3v) is 4.82. The highest BCUT2D eigenvalue weighted by Crippen LogP contribution is 2.24. The smallest absolute Gasteiger partial charge is 0.146 e. The van der Waals surface area contributed by atoms with Gasteiger partial charge in [-0.25, -0.2) is 4.98 Å². The Morgan fingerprint density at radius 2 is 1.50 bits per heavy atom. The van der Waals surface area contributed by atoms with Gasteiger partial charge in [0.05, 0.1) is 18.1 Å². The Morgan fingerprint density at radius 1 is 0.812 bits per heavy atom. The summed E-state index contributed by atoms with van der Waals surface area (Å²) in [5.74, 6) is 0.516. The average Bonchev–Trinajstić information content (AvgIpc) is 3.44. The zero-order valence-corrected chi connectivity index (χ0v) is 18.8. The largest absolute Gasteiger partial charge is 0.382 e. The van der Waals surface area contributed by atoms with Crippen molar-refractivity contribution >= 4 is 11.5 Å². The summed E-state index contributed by atoms with van der Waals surface area (Å²) < 4.78 is 3.60. The van der Waals surface area contributed by atoms with E-state index in [0.717, 1.165) is 49.3 Å². The van der Waals surface area contributed by atoms with E-state index >= 15 is 0 Å². The van der Waals surface area contributed by atoms with Gasteiger partial charge in [0.25, 0.3) is 0 Å². The molecule has 168 valence electrons. The summed E-state index contributed by atoms with van der Waals surface area (Å²) in [7, 11) is 3.83. The standard InChI is InChI=1S/C18H26N8.C6H6/c1-25-12-14(9-23-25)4-7-20-5-3-6-21-17-8-15(10-22-18(17)19)16-11-24-26(2)13-16;1-2-4-6-5-3-1/h8-13,20-21H,3-7H2,1-2H3,(H2,19,22);1-6H. The number of pyridine rings is 1. The summed E-state index contributed by atoms with van der Waals surface area (Å²) in [5.41, 5.74) is 10.1. The van der Waals surface area contributed by atoms with Crippen LogP contribution in [0, 0.1) is 0 Å². The molecule has 4 aromatic rings. The van der Waals surface area contributed by atoms with Crippen LogP contribution in [0.25, 0.3) is 11.1 Å². The van der Waals surface area contributed by atoms with Crippen LogP contribution in [0.1, 0.15) is 12.0 Å². The molecule has 0 amide bonds. The first-order valence-electron chi connectivity index (χ1n) is 10.8. The van der Waals surface area contributed by atoms with Crippen LogP contribution >= 0.6 is 0 Å². The van der Waals surface area contributed by atoms with Crippen molar-refractivity contribution in [3.8, 4) is 11.1 Å². The molecule has 32 heavy (non-hydrogen) atoms. The lowest BCUT2D eigenvalue weighted by molar-refractivity contribution is 0.660. The topological polar surface area (TPSA) is 98.6 Å². The van der Waals surface area contributed by atoms with Gasteiger partial charge in [0.15, 0.2) is 0 Å². The number of nitrogens with zero attached hydrogens (tertiary/aromatic N) is 5. The number of hydrogen-bond acceptors (Lipinski definition) is 6. The molecule has 0 aliphatic rings. The number of rotatable bonds is 9. The first kappa shape index (κ1) is 23.0. The Kier molecular flexibility index (Phi) is 8.82. The van der Waals surface area contributed by atoms with Crippen LogP contribution in [0.4, 0.5) is 11.5 Å². The molecule has 0 unspecified atom stereocenters. The van der Waals surface area contributed by atoms with Crippen LogP contribution in [0.3, 0.4) is 0 Å². The highest BCUT2D eigenvalue weighted by atomic mass is 15.2. The molecule has 0 saturated carbocycles. The van der Waals surface area contributed by atoms with Gasteiger partial charge < -0.3 is 16.4 Å². The van der Waals surface area contributed by atoms with Crippen molar-refractivity contribution in [1.29, 1.82) is 0 Å². The molecule has 4 rings (SSSR count). The predicted octanol–water partition coefficient (Wildman–Crippen LogP) is 3.12. The Hall–Kier alpha value is -3.65. The zero-order chi connectivity index (χ0) is 22.6. The van der Waals surface area contributed by atoms with Gasteiger partial charge in [-0.2, -0.15) is 10.2 Å². The normalized spacial score (nSPS) is 10.4. The summed E-state index contributed by atoms with van der Waals surface area (Å²) in [5, 5.41) is 15.2. The quantitative estimate of drug-likeness (QED) is 0.352. The summed E-state index contributed by atoms with van der Waals surface area (Å²) >= 11 is 0. The number of nitrogen functional groups attached to an aromatic ring is 1. The van der Waals surface area contributed by atoms with E-state index in [1.54, 1.807) is 10.9 Å². The second-order valence-electron chi connectivity index (χ2n) is 7.52. The molecule has 0 aliphatic heterocycles. The molecular weight excluding hydrogens is 400 g/mol. The fourth-order valence-corrected chi connectivity index (χ4v) is 3.13. The van der Waals surface area contributed by atoms with E-state index < -0.39 is 0 Å². The van der Waals surface area contributed by atoms with Crippen molar-refractivity contribution in [1.82, 2.24) is 29.9 Å². The van der Waals surface area contributed by atoms with E-state index in [-0.39, 0.29) is 0 Å². The van der Waals surface area contributed by atoms with E-state index in [4.69, 9.17) is 5.73 Å². The predicted molar refractivity (Wildman–Crippen MR) is 130 cm³/mol. The van der Waals surface area contributed by atoms with Crippen molar-refractivity contribution < 1.29 is 0 Å². The Morgan fingerprint density at radius 3 is 2.12 bits per heavy atom. The van der Waals surface area contributed by atoms with Crippen LogP contribution in [0.15, 0.2) is 73.4 Å². The number of aryl methyl sites for hydroxylation is 2. The maximum Gasteiger partial charge on any atom is 0.146 e. The molecule has 3 heterocycles. The maximum atomic E-state index is 5.98. The zero-order valence-electron chi connectivity index (χ0n) is 18.8. The van der Waals surface area contributed by atoms with Crippen LogP contribution in [-0.4, -0.2) is 44.2 Å². The molecule has 0 spiro atoms. The lowest BCUT2D eigenvalue weighted by atomic mass is 10.1. The number of nitrogens with one attached hydrogen (secondary N) is 2. The van der Waals surface area contributed by atoms with Gasteiger partial charge in [0, 0.05) is 50.4 Å². The van der Waals surface area contributed by atoms with Gasteiger partial charge in [-0.3, -0.25) is 9.36 Å². The molecule has 0 bridgehead atoms. The second-order valence-corrected chi connectivity index (χ2v) is 7.52. The van der Waals surface area contributed by atoms with Crippen molar-refractivity contribution in [3.63, 3.8) is 0 Å². The van der Waals surface area contributed by atoms with Gasteiger partial charge >= 0.3 is 0 Å². The molecular formula is C24H32N8. The van der Waals surface area contributed by atoms with E-state index in [2.05, 4.69) is 25.8 Å². The minimum absolute atomic E-state index is 0.516. The first-order chi connectivity index (χ1) is 15.6. The third-order valence-electron chi connectivity index (χ3n) is 4.82. The van der Waals surface area contributed by atoms with Crippen LogP contribution in [0.2, 0.25) is 0 Å². The Bertz CT molecular complexity index is 1030. The number of aromatic nitrogens is 5. The van der Waals surface area contributed by atoms with Crippen molar-refractivity contribution in [2.45, 2.75) is 12.8 Å². The van der Waals surface area contributed by atoms with Crippen molar-refractivity contribution in [2.75, 3.05) is 30.7 Å². The minimum atomic E-state index is 0.516. The van der Waals surface area contributed by atoms with Gasteiger partial charge in [-0.15, -0.1) is 0 Å². The van der Waals surface area contributed by atoms with Crippen LogP contribution < -0.4 is 16.4 Å². The summed E-state index contributed by atoms with van der Waals surface area (Å²) in [6, 6.07) is 14.0. The number of benzene rings is 1. The second kappa shape index (κ2) is 12.3. The third kappa shape index (κ3) is 7.55. The maximum absolute atomic E-state index is 5.98. The highest BCUT2D eigenvalue weighted by molar-refractivity contribution is 5.72. The molecule has 8 heteroatoms. The average molecular weight is 433 g/mol. The van der Waals surface area contributed by atoms with Gasteiger partial charge in [0.2, 0.25) is 0 Å². The monoisotopic (exact) mass is 432 g/mol. The SMILES string of the molecule is Cn1cc(CCNCCCNc2cc(-c3cnn(C)c3)cnc2N)cn1.c1ccccc1. The van der Waals surface area contributed by atoms with E-state index in [1.165, 1.54) is 5.56 Å². The molecule has 0 radical (unpaired) electrons. The molecule has 0 fully saturated rings. The highest BCUT2D eigenvalue weighted by Gasteiger charge is 2.06. The lowest BCUT2D eigenvalue weighted by Crippen LogP contribution is -2.20. The Labute approximate surface area is 189 Å². The fourth-order valence-electron chi connectivity index (χ4n) is 3.13. The van der Waals surface area contributed by atoms with Crippen molar-refractivity contribution in [3.05, 3.63) is 79.0 Å². The number of nitrogens with two attached hydrogens (primary N) is 1. The molecule has 1 aromatic carbocycles. The summed E-state index contributed by atoms with van der Waals surface area (Å²) in [6.07, 6.45) is 11.5. The summed E-state index contributed by atoms with van der Waals surface area (Å²) in [4.78, 5) is 4.28. The van der Waals surface area contributed by atoms with Crippen molar-refractivity contribution in [2.24, 2.45) is 14.1 Å². The van der Waals surface area contributed by atoms with Gasteiger partial charge in [0.1, 0.15) is 5.82 Å². The lowest BCUT2D eigenvalue weighted by Gasteiger charge is -2.10. The molecule has 0 saturated heterocycles. The first-order valence-corrected chi connectivity index (χ1v) is 10.8.